The van der Waals surface area contributed by atoms with Crippen LogP contribution in [-0.4, -0.2) is 56.5 Å². The number of amides is 1. The molecule has 0 aliphatic heterocycles. The minimum Gasteiger partial charge on any atom is -0.444 e. The van der Waals surface area contributed by atoms with Crippen molar-refractivity contribution in [2.75, 3.05) is 33.4 Å². The Morgan fingerprint density at radius 1 is 1.14 bits per heavy atom. The number of ether oxygens (including phenoxy) is 2. The van der Waals surface area contributed by atoms with Crippen molar-refractivity contribution in [3.63, 3.8) is 0 Å². The van der Waals surface area contributed by atoms with Crippen molar-refractivity contribution in [1.29, 1.82) is 0 Å². The third-order valence-electron chi connectivity index (χ3n) is 2.50. The Morgan fingerprint density at radius 2 is 1.77 bits per heavy atom. The number of nitrogens with zero attached hydrogens (tertiary/aromatic N) is 1. The smallest absolute Gasteiger partial charge is 0.408 e. The van der Waals surface area contributed by atoms with Crippen LogP contribution in [0.5, 0.6) is 0 Å². The van der Waals surface area contributed by atoms with E-state index in [2.05, 4.69) is 20.9 Å². The van der Waals surface area contributed by atoms with Gasteiger partial charge in [-0.1, -0.05) is 0 Å². The Labute approximate surface area is 134 Å². The van der Waals surface area contributed by atoms with Crippen molar-refractivity contribution in [1.82, 2.24) is 16.0 Å². The average Bonchev–Trinajstić information content (AvgIpc) is 2.34. The first-order chi connectivity index (χ1) is 10.1. The first-order valence-corrected chi connectivity index (χ1v) is 7.63. The molecule has 0 aromatic heterocycles. The molecule has 0 rings (SSSR count). The van der Waals surface area contributed by atoms with Crippen LogP contribution in [0.25, 0.3) is 0 Å². The van der Waals surface area contributed by atoms with E-state index in [-0.39, 0.29) is 0 Å². The highest BCUT2D eigenvalue weighted by Crippen LogP contribution is 2.08. The Morgan fingerprint density at radius 3 is 2.27 bits per heavy atom. The lowest BCUT2D eigenvalue weighted by atomic mass is 10.1. The molecule has 0 fully saturated rings. The molecule has 7 nitrogen and oxygen atoms in total. The fourth-order valence-corrected chi connectivity index (χ4v) is 1.54. The van der Waals surface area contributed by atoms with Crippen molar-refractivity contribution < 1.29 is 14.3 Å². The third kappa shape index (κ3) is 11.2. The maximum atomic E-state index is 11.8. The highest BCUT2D eigenvalue weighted by molar-refractivity contribution is 5.79. The summed E-state index contributed by atoms with van der Waals surface area (Å²) in [7, 11) is 1.70. The predicted octanol–water partition coefficient (Wildman–Crippen LogP) is 1.49. The van der Waals surface area contributed by atoms with E-state index < -0.39 is 17.2 Å². The lowest BCUT2D eigenvalue weighted by molar-refractivity contribution is 0.0474. The lowest BCUT2D eigenvalue weighted by Gasteiger charge is -2.29. The summed E-state index contributed by atoms with van der Waals surface area (Å²) in [4.78, 5) is 15.9. The minimum absolute atomic E-state index is 0.432. The van der Waals surface area contributed by atoms with E-state index in [9.17, 15) is 4.79 Å². The van der Waals surface area contributed by atoms with Gasteiger partial charge in [-0.05, 0) is 41.5 Å². The lowest BCUT2D eigenvalue weighted by Crippen LogP contribution is -2.54. The first-order valence-electron chi connectivity index (χ1n) is 7.63. The molecule has 0 heterocycles. The van der Waals surface area contributed by atoms with Gasteiger partial charge in [-0.2, -0.15) is 0 Å². The number of carbonyl (C=O) groups excluding carboxylic acids is 1. The molecule has 0 aromatic rings. The fourth-order valence-electron chi connectivity index (χ4n) is 1.54. The Bertz CT molecular complexity index is 362. The van der Waals surface area contributed by atoms with Crippen molar-refractivity contribution in [3.8, 4) is 0 Å². The molecule has 3 N–H and O–H groups in total. The number of nitrogens with one attached hydrogen (secondary N) is 3. The van der Waals surface area contributed by atoms with Gasteiger partial charge in [0.15, 0.2) is 5.96 Å². The summed E-state index contributed by atoms with van der Waals surface area (Å²) in [6, 6.07) is 0. The van der Waals surface area contributed by atoms with Crippen LogP contribution in [0.4, 0.5) is 4.79 Å². The van der Waals surface area contributed by atoms with Gasteiger partial charge in [0.1, 0.15) is 5.60 Å². The molecule has 1 amide bonds. The van der Waals surface area contributed by atoms with E-state index in [4.69, 9.17) is 9.47 Å². The van der Waals surface area contributed by atoms with Crippen molar-refractivity contribution >= 4 is 12.1 Å². The number of carbonyl (C=O) groups is 1. The molecule has 0 aliphatic rings. The second-order valence-corrected chi connectivity index (χ2v) is 6.56. The Hall–Kier alpha value is -1.50. The van der Waals surface area contributed by atoms with Crippen LogP contribution in [0.1, 0.15) is 41.5 Å². The molecule has 0 aromatic carbocycles. The molecule has 22 heavy (non-hydrogen) atoms. The second-order valence-electron chi connectivity index (χ2n) is 6.56. The summed E-state index contributed by atoms with van der Waals surface area (Å²) in [5.74, 6) is 0.666. The van der Waals surface area contributed by atoms with E-state index in [1.165, 1.54) is 0 Å². The zero-order chi connectivity index (χ0) is 17.2. The summed E-state index contributed by atoms with van der Waals surface area (Å²) < 4.78 is 10.5. The molecule has 0 bridgehead atoms. The molecule has 130 valence electrons. The van der Waals surface area contributed by atoms with Gasteiger partial charge in [-0.25, -0.2) is 4.79 Å². The molecular weight excluding hydrogens is 284 g/mol. The van der Waals surface area contributed by atoms with Crippen LogP contribution in [-0.2, 0) is 9.47 Å². The van der Waals surface area contributed by atoms with Crippen LogP contribution in [0.15, 0.2) is 4.99 Å². The third-order valence-corrected chi connectivity index (χ3v) is 2.50. The monoisotopic (exact) mass is 316 g/mol. The van der Waals surface area contributed by atoms with Gasteiger partial charge < -0.3 is 25.4 Å². The van der Waals surface area contributed by atoms with Crippen LogP contribution >= 0.6 is 0 Å². The summed E-state index contributed by atoms with van der Waals surface area (Å²) in [5, 5.41) is 9.14. The molecule has 0 saturated carbocycles. The maximum Gasteiger partial charge on any atom is 0.408 e. The van der Waals surface area contributed by atoms with E-state index in [1.807, 2.05) is 41.5 Å². The van der Waals surface area contributed by atoms with Crippen LogP contribution in [0.2, 0.25) is 0 Å². The highest BCUT2D eigenvalue weighted by atomic mass is 16.6. The fraction of sp³-hybridized carbons (Fsp3) is 0.867. The minimum atomic E-state index is -0.509. The van der Waals surface area contributed by atoms with Crippen molar-refractivity contribution in [2.45, 2.75) is 52.7 Å². The molecule has 0 radical (unpaired) electrons. The molecule has 0 saturated heterocycles. The van der Waals surface area contributed by atoms with Crippen molar-refractivity contribution in [3.05, 3.63) is 0 Å². The van der Waals surface area contributed by atoms with Gasteiger partial charge >= 0.3 is 6.09 Å². The number of aliphatic imine (C=N–C) groups is 1. The van der Waals surface area contributed by atoms with E-state index >= 15 is 0 Å². The van der Waals surface area contributed by atoms with Gasteiger partial charge in [-0.15, -0.1) is 0 Å². The normalized spacial score (nSPS) is 12.8. The van der Waals surface area contributed by atoms with Gasteiger partial charge in [0, 0.05) is 26.7 Å². The van der Waals surface area contributed by atoms with Crippen LogP contribution in [0, 0.1) is 0 Å². The summed E-state index contributed by atoms with van der Waals surface area (Å²) in [6.45, 7) is 13.8. The van der Waals surface area contributed by atoms with Gasteiger partial charge in [0.2, 0.25) is 0 Å². The number of guanidine groups is 1. The van der Waals surface area contributed by atoms with E-state index in [0.29, 0.717) is 32.3 Å². The quantitative estimate of drug-likeness (QED) is 0.376. The van der Waals surface area contributed by atoms with Crippen molar-refractivity contribution in [2.24, 2.45) is 4.99 Å². The van der Waals surface area contributed by atoms with E-state index in [0.717, 1.165) is 0 Å². The van der Waals surface area contributed by atoms with Gasteiger partial charge in [0.25, 0.3) is 0 Å². The first kappa shape index (κ1) is 20.5. The molecule has 0 spiro atoms. The number of rotatable bonds is 7. The highest BCUT2D eigenvalue weighted by Gasteiger charge is 2.24. The SMILES string of the molecule is CCOCCNC(=NC)NCC(C)(C)NC(=O)OC(C)(C)C. The standard InChI is InChI=1S/C15H32N4O3/c1-8-21-10-9-17-12(16-7)18-11-15(5,6)19-13(20)22-14(2,3)4/h8-11H2,1-7H3,(H,19,20)(H2,16,17,18). The molecule has 0 unspecified atom stereocenters. The van der Waals surface area contributed by atoms with Crippen LogP contribution < -0.4 is 16.0 Å². The zero-order valence-electron chi connectivity index (χ0n) is 15.0. The molecular formula is C15H32N4O3. The Kier molecular flexibility index (Phi) is 8.86. The molecule has 0 atom stereocenters. The predicted molar refractivity (Wildman–Crippen MR) is 89.3 cm³/mol. The van der Waals surface area contributed by atoms with Gasteiger partial charge in [-0.3, -0.25) is 4.99 Å². The number of hydrogen-bond acceptors (Lipinski definition) is 4. The summed E-state index contributed by atoms with van der Waals surface area (Å²) in [6.07, 6.45) is -0.432. The molecule has 0 aliphatic carbocycles. The Balaban J connectivity index is 4.20. The molecule has 7 heteroatoms. The largest absolute Gasteiger partial charge is 0.444 e. The van der Waals surface area contributed by atoms with Crippen LogP contribution in [0.3, 0.4) is 0 Å². The van der Waals surface area contributed by atoms with Gasteiger partial charge in [0.05, 0.1) is 12.1 Å². The topological polar surface area (TPSA) is 84.0 Å². The van der Waals surface area contributed by atoms with E-state index in [1.54, 1.807) is 7.05 Å². The summed E-state index contributed by atoms with van der Waals surface area (Å²) >= 11 is 0. The number of hydrogen-bond donors (Lipinski definition) is 3. The number of alkyl carbamates (subject to hydrolysis) is 1. The average molecular weight is 316 g/mol. The zero-order valence-corrected chi connectivity index (χ0v) is 15.0. The second kappa shape index (κ2) is 9.50. The summed E-state index contributed by atoms with van der Waals surface area (Å²) in [5.41, 5.74) is -0.982. The maximum absolute atomic E-state index is 11.8.